The molecule has 0 heterocycles. The molecule has 0 bridgehead atoms. The molecule has 0 aromatic heterocycles. The van der Waals surface area contributed by atoms with Crippen molar-refractivity contribution < 1.29 is 4.74 Å². The maximum absolute atomic E-state index is 5.83. The van der Waals surface area contributed by atoms with Crippen LogP contribution < -0.4 is 0 Å². The first-order chi connectivity index (χ1) is 8.31. The molecule has 0 fully saturated rings. The van der Waals surface area contributed by atoms with Crippen LogP contribution in [0.15, 0.2) is 54.6 Å². The van der Waals surface area contributed by atoms with Gasteiger partial charge in [-0.15, -0.1) is 0 Å². The summed E-state index contributed by atoms with van der Waals surface area (Å²) in [6.45, 7) is 6.62. The molecule has 0 N–H and O–H groups in total. The second kappa shape index (κ2) is 5.65. The molecule has 0 aliphatic rings. The second-order valence-corrected chi connectivity index (χ2v) is 3.99. The summed E-state index contributed by atoms with van der Waals surface area (Å²) < 4.78 is 5.83. The van der Waals surface area contributed by atoms with Gasteiger partial charge in [-0.1, -0.05) is 54.6 Å². The van der Waals surface area contributed by atoms with Crippen LogP contribution in [0.5, 0.6) is 0 Å². The standard InChI is InChI=1S/C16H17O/c1-3-17-16(14-7-5-4-6-8-14)15-11-9-13(2)10-12-15/h4-12,16H,2-3H2,1H3. The van der Waals surface area contributed by atoms with Gasteiger partial charge in [0.2, 0.25) is 0 Å². The number of hydrogen-bond donors (Lipinski definition) is 0. The zero-order valence-electron chi connectivity index (χ0n) is 10.1. The summed E-state index contributed by atoms with van der Waals surface area (Å²) in [6.07, 6.45) is 0.0156. The molecule has 1 atom stereocenters. The lowest BCUT2D eigenvalue weighted by atomic mass is 10.0. The molecule has 0 aliphatic carbocycles. The highest BCUT2D eigenvalue weighted by Gasteiger charge is 2.13. The largest absolute Gasteiger partial charge is 0.369 e. The minimum Gasteiger partial charge on any atom is -0.369 e. The third-order valence-corrected chi connectivity index (χ3v) is 2.72. The molecule has 1 radical (unpaired) electrons. The van der Waals surface area contributed by atoms with Crippen molar-refractivity contribution in [3.05, 3.63) is 78.2 Å². The van der Waals surface area contributed by atoms with Crippen LogP contribution >= 0.6 is 0 Å². The highest BCUT2D eigenvalue weighted by molar-refractivity contribution is 5.32. The van der Waals surface area contributed by atoms with Crippen LogP contribution in [0.1, 0.15) is 29.7 Å². The first-order valence-electron chi connectivity index (χ1n) is 5.89. The lowest BCUT2D eigenvalue weighted by Gasteiger charge is -2.18. The van der Waals surface area contributed by atoms with Crippen molar-refractivity contribution in [2.24, 2.45) is 0 Å². The van der Waals surface area contributed by atoms with Gasteiger partial charge in [0.25, 0.3) is 0 Å². The lowest BCUT2D eigenvalue weighted by molar-refractivity contribution is 0.0913. The van der Waals surface area contributed by atoms with Crippen LogP contribution in [-0.4, -0.2) is 6.61 Å². The summed E-state index contributed by atoms with van der Waals surface area (Å²) in [6, 6.07) is 18.5. The summed E-state index contributed by atoms with van der Waals surface area (Å²) >= 11 is 0. The Balaban J connectivity index is 2.32. The molecule has 1 nitrogen and oxygen atoms in total. The van der Waals surface area contributed by atoms with E-state index >= 15 is 0 Å². The zero-order chi connectivity index (χ0) is 12.1. The smallest absolute Gasteiger partial charge is 0.108 e. The Kier molecular flexibility index (Phi) is 3.94. The molecule has 1 heteroatoms. The van der Waals surface area contributed by atoms with Crippen LogP contribution in [0, 0.1) is 6.92 Å². The van der Waals surface area contributed by atoms with Gasteiger partial charge in [-0.2, -0.15) is 0 Å². The van der Waals surface area contributed by atoms with Gasteiger partial charge in [-0.05, 0) is 30.5 Å². The lowest BCUT2D eigenvalue weighted by Crippen LogP contribution is -2.05. The maximum Gasteiger partial charge on any atom is 0.108 e. The zero-order valence-corrected chi connectivity index (χ0v) is 10.1. The van der Waals surface area contributed by atoms with Gasteiger partial charge in [0.05, 0.1) is 0 Å². The summed E-state index contributed by atoms with van der Waals surface area (Å²) in [5.74, 6) is 0. The van der Waals surface area contributed by atoms with Crippen molar-refractivity contribution in [1.82, 2.24) is 0 Å². The number of hydrogen-bond acceptors (Lipinski definition) is 1. The predicted octanol–water partition coefficient (Wildman–Crippen LogP) is 3.99. The first-order valence-corrected chi connectivity index (χ1v) is 5.89. The van der Waals surface area contributed by atoms with Crippen LogP contribution in [-0.2, 0) is 4.74 Å². The Labute approximate surface area is 103 Å². The van der Waals surface area contributed by atoms with E-state index in [1.165, 1.54) is 11.1 Å². The third-order valence-electron chi connectivity index (χ3n) is 2.72. The fourth-order valence-corrected chi connectivity index (χ4v) is 1.87. The maximum atomic E-state index is 5.83. The van der Waals surface area contributed by atoms with Gasteiger partial charge in [-0.3, -0.25) is 0 Å². The van der Waals surface area contributed by atoms with E-state index in [0.717, 1.165) is 5.56 Å². The molecule has 1 unspecified atom stereocenters. The van der Waals surface area contributed by atoms with Crippen molar-refractivity contribution in [3.63, 3.8) is 0 Å². The van der Waals surface area contributed by atoms with E-state index < -0.39 is 0 Å². The van der Waals surface area contributed by atoms with E-state index in [4.69, 9.17) is 4.74 Å². The molecule has 2 rings (SSSR count). The Morgan fingerprint density at radius 3 is 2.12 bits per heavy atom. The topological polar surface area (TPSA) is 9.23 Å². The minimum atomic E-state index is 0.0156. The van der Waals surface area contributed by atoms with Crippen LogP contribution in [0.3, 0.4) is 0 Å². The Hall–Kier alpha value is -1.60. The third kappa shape index (κ3) is 2.95. The number of benzene rings is 2. The van der Waals surface area contributed by atoms with E-state index in [9.17, 15) is 0 Å². The van der Waals surface area contributed by atoms with Gasteiger partial charge in [0.1, 0.15) is 6.10 Å². The minimum absolute atomic E-state index is 0.0156. The number of rotatable bonds is 4. The summed E-state index contributed by atoms with van der Waals surface area (Å²) in [7, 11) is 0. The molecule has 17 heavy (non-hydrogen) atoms. The van der Waals surface area contributed by atoms with E-state index in [-0.39, 0.29) is 6.10 Å². The highest BCUT2D eigenvalue weighted by Crippen LogP contribution is 2.25. The SMILES string of the molecule is [CH2]c1ccc(C(OCC)c2ccccc2)cc1. The predicted molar refractivity (Wildman–Crippen MR) is 70.8 cm³/mol. The van der Waals surface area contributed by atoms with Crippen molar-refractivity contribution in [2.75, 3.05) is 6.61 Å². The van der Waals surface area contributed by atoms with Gasteiger partial charge in [0.15, 0.2) is 0 Å². The van der Waals surface area contributed by atoms with E-state index in [1.54, 1.807) is 0 Å². The fraction of sp³-hybridized carbons (Fsp3) is 0.188. The summed E-state index contributed by atoms with van der Waals surface area (Å²) in [5, 5.41) is 0. The average Bonchev–Trinajstić information content (AvgIpc) is 2.38. The Morgan fingerprint density at radius 1 is 0.941 bits per heavy atom. The first kappa shape index (κ1) is 11.9. The highest BCUT2D eigenvalue weighted by atomic mass is 16.5. The average molecular weight is 225 g/mol. The number of ether oxygens (including phenoxy) is 1. The molecule has 87 valence electrons. The van der Waals surface area contributed by atoms with Crippen molar-refractivity contribution >= 4 is 0 Å². The quantitative estimate of drug-likeness (QED) is 0.764. The molecule has 2 aromatic rings. The second-order valence-electron chi connectivity index (χ2n) is 3.99. The van der Waals surface area contributed by atoms with Gasteiger partial charge in [0, 0.05) is 6.61 Å². The molecule has 0 aliphatic heterocycles. The monoisotopic (exact) mass is 225 g/mol. The Morgan fingerprint density at radius 2 is 1.53 bits per heavy atom. The van der Waals surface area contributed by atoms with Gasteiger partial charge < -0.3 is 4.74 Å². The van der Waals surface area contributed by atoms with Crippen molar-refractivity contribution in [2.45, 2.75) is 13.0 Å². The molecule has 0 amide bonds. The molecule has 0 spiro atoms. The molecular weight excluding hydrogens is 208 g/mol. The van der Waals surface area contributed by atoms with E-state index in [2.05, 4.69) is 31.2 Å². The van der Waals surface area contributed by atoms with Crippen molar-refractivity contribution in [1.29, 1.82) is 0 Å². The summed E-state index contributed by atoms with van der Waals surface area (Å²) in [5.41, 5.74) is 3.38. The van der Waals surface area contributed by atoms with Gasteiger partial charge >= 0.3 is 0 Å². The Bertz CT molecular complexity index is 445. The molecular formula is C16H17O. The van der Waals surface area contributed by atoms with Crippen LogP contribution in [0.25, 0.3) is 0 Å². The van der Waals surface area contributed by atoms with Crippen molar-refractivity contribution in [3.8, 4) is 0 Å². The van der Waals surface area contributed by atoms with E-state index in [1.807, 2.05) is 37.3 Å². The summed E-state index contributed by atoms with van der Waals surface area (Å²) in [4.78, 5) is 0. The normalized spacial score (nSPS) is 12.4. The van der Waals surface area contributed by atoms with Gasteiger partial charge in [-0.25, -0.2) is 0 Å². The molecule has 0 saturated carbocycles. The van der Waals surface area contributed by atoms with E-state index in [0.29, 0.717) is 6.61 Å². The molecule has 2 aromatic carbocycles. The fourth-order valence-electron chi connectivity index (χ4n) is 1.87. The van der Waals surface area contributed by atoms with Crippen LogP contribution in [0.4, 0.5) is 0 Å². The molecule has 0 saturated heterocycles. The van der Waals surface area contributed by atoms with Crippen LogP contribution in [0.2, 0.25) is 0 Å².